The molecule has 0 fully saturated rings. The van der Waals surface area contributed by atoms with Crippen LogP contribution >= 0.6 is 0 Å². The van der Waals surface area contributed by atoms with Gasteiger partial charge in [0.25, 0.3) is 10.1 Å². The Balaban J connectivity index is 0. The van der Waals surface area contributed by atoms with E-state index in [0.29, 0.717) is 0 Å². The third-order valence-electron chi connectivity index (χ3n) is 1.04. The molecule has 0 saturated carbocycles. The molecule has 70 valence electrons. The van der Waals surface area contributed by atoms with Crippen molar-refractivity contribution in [3.05, 3.63) is 30.3 Å². The molecule has 0 unspecified atom stereocenters. The SMILES string of the molecule is C.O.O=S(=O)(O)c1ccccc1. The Bertz CT molecular complexity index is 303. The van der Waals surface area contributed by atoms with Crippen LogP contribution in [0.1, 0.15) is 7.43 Å². The van der Waals surface area contributed by atoms with E-state index in [4.69, 9.17) is 4.55 Å². The van der Waals surface area contributed by atoms with Gasteiger partial charge in [-0.2, -0.15) is 8.42 Å². The van der Waals surface area contributed by atoms with Gasteiger partial charge in [0.05, 0.1) is 4.90 Å². The van der Waals surface area contributed by atoms with E-state index < -0.39 is 10.1 Å². The number of hydrogen-bond acceptors (Lipinski definition) is 2. The lowest BCUT2D eigenvalue weighted by atomic mass is 10.4. The molecule has 0 radical (unpaired) electrons. The highest BCUT2D eigenvalue weighted by molar-refractivity contribution is 7.85. The molecule has 0 heterocycles. The summed E-state index contributed by atoms with van der Waals surface area (Å²) in [5.74, 6) is 0. The van der Waals surface area contributed by atoms with Gasteiger partial charge in [0.2, 0.25) is 0 Å². The van der Waals surface area contributed by atoms with Crippen molar-refractivity contribution in [3.8, 4) is 0 Å². The summed E-state index contributed by atoms with van der Waals surface area (Å²) < 4.78 is 29.2. The minimum absolute atomic E-state index is 0. The largest absolute Gasteiger partial charge is 0.412 e. The van der Waals surface area contributed by atoms with Crippen LogP contribution < -0.4 is 0 Å². The van der Waals surface area contributed by atoms with Crippen molar-refractivity contribution in [1.82, 2.24) is 0 Å². The van der Waals surface area contributed by atoms with Crippen molar-refractivity contribution in [2.24, 2.45) is 0 Å². The molecule has 12 heavy (non-hydrogen) atoms. The summed E-state index contributed by atoms with van der Waals surface area (Å²) in [4.78, 5) is -0.0741. The quantitative estimate of drug-likeness (QED) is 0.666. The second-order valence-corrected chi connectivity index (χ2v) is 3.21. The molecular formula is C7H12O4S. The predicted octanol–water partition coefficient (Wildman–Crippen LogP) is 0.745. The van der Waals surface area contributed by atoms with Crippen LogP contribution in [-0.4, -0.2) is 18.4 Å². The van der Waals surface area contributed by atoms with Gasteiger partial charge in [-0.15, -0.1) is 0 Å². The summed E-state index contributed by atoms with van der Waals surface area (Å²) in [5.41, 5.74) is 0. The van der Waals surface area contributed by atoms with Gasteiger partial charge in [0, 0.05) is 0 Å². The van der Waals surface area contributed by atoms with Gasteiger partial charge in [-0.3, -0.25) is 4.55 Å². The maximum Gasteiger partial charge on any atom is 0.294 e. The molecule has 3 N–H and O–H groups in total. The lowest BCUT2D eigenvalue weighted by molar-refractivity contribution is 0.483. The standard InChI is InChI=1S/C6H6O3S.CH4.H2O/c7-10(8,9)6-4-2-1-3-5-6;;/h1-5H,(H,7,8,9);1H4;1H2. The Morgan fingerprint density at radius 3 is 1.75 bits per heavy atom. The molecule has 0 atom stereocenters. The van der Waals surface area contributed by atoms with Gasteiger partial charge in [-0.1, -0.05) is 25.6 Å². The third-order valence-corrected chi connectivity index (χ3v) is 1.91. The van der Waals surface area contributed by atoms with Gasteiger partial charge in [0.15, 0.2) is 0 Å². The molecule has 1 rings (SSSR count). The summed E-state index contributed by atoms with van der Waals surface area (Å²) in [7, 11) is -4.00. The second-order valence-electron chi connectivity index (χ2n) is 1.79. The van der Waals surface area contributed by atoms with E-state index in [-0.39, 0.29) is 17.8 Å². The molecule has 0 bridgehead atoms. The Morgan fingerprint density at radius 1 is 1.08 bits per heavy atom. The molecule has 0 saturated heterocycles. The Hall–Kier alpha value is -0.910. The van der Waals surface area contributed by atoms with Crippen LogP contribution in [0.25, 0.3) is 0 Å². The molecule has 0 aliphatic rings. The van der Waals surface area contributed by atoms with E-state index >= 15 is 0 Å². The number of hydrogen-bond donors (Lipinski definition) is 1. The average molecular weight is 192 g/mol. The maximum absolute atomic E-state index is 10.4. The van der Waals surface area contributed by atoms with Crippen LogP contribution in [0, 0.1) is 0 Å². The van der Waals surface area contributed by atoms with Gasteiger partial charge in [-0.25, -0.2) is 0 Å². The van der Waals surface area contributed by atoms with Gasteiger partial charge >= 0.3 is 0 Å². The van der Waals surface area contributed by atoms with Crippen molar-refractivity contribution < 1.29 is 18.4 Å². The molecule has 0 spiro atoms. The van der Waals surface area contributed by atoms with Crippen LogP contribution in [-0.2, 0) is 10.1 Å². The first-order chi connectivity index (χ1) is 4.61. The zero-order chi connectivity index (χ0) is 7.61. The zero-order valence-corrected chi connectivity index (χ0v) is 6.38. The van der Waals surface area contributed by atoms with Crippen LogP contribution in [0.4, 0.5) is 0 Å². The first kappa shape index (κ1) is 13.7. The monoisotopic (exact) mass is 192 g/mol. The second kappa shape index (κ2) is 4.87. The van der Waals surface area contributed by atoms with Crippen LogP contribution in [0.5, 0.6) is 0 Å². The van der Waals surface area contributed by atoms with Crippen molar-refractivity contribution in [1.29, 1.82) is 0 Å². The highest BCUT2D eigenvalue weighted by Gasteiger charge is 2.05. The Labute approximate surface area is 71.9 Å². The Kier molecular flexibility index (Phi) is 5.54. The fourth-order valence-electron chi connectivity index (χ4n) is 0.592. The first-order valence-electron chi connectivity index (χ1n) is 2.63. The van der Waals surface area contributed by atoms with E-state index in [9.17, 15) is 8.42 Å². The minimum Gasteiger partial charge on any atom is -0.412 e. The molecule has 1 aromatic carbocycles. The molecule has 0 aliphatic heterocycles. The molecule has 1 aromatic rings. The average Bonchev–Trinajstić information content (AvgIpc) is 1.88. The highest BCUT2D eigenvalue weighted by atomic mass is 32.2. The smallest absolute Gasteiger partial charge is 0.294 e. The summed E-state index contributed by atoms with van der Waals surface area (Å²) in [6.07, 6.45) is 0. The number of rotatable bonds is 1. The van der Waals surface area contributed by atoms with E-state index in [0.717, 1.165) is 0 Å². The van der Waals surface area contributed by atoms with Crippen LogP contribution in [0.2, 0.25) is 0 Å². The van der Waals surface area contributed by atoms with Gasteiger partial charge in [0.1, 0.15) is 0 Å². The summed E-state index contributed by atoms with van der Waals surface area (Å²) in [6.45, 7) is 0. The maximum atomic E-state index is 10.4. The van der Waals surface area contributed by atoms with Gasteiger partial charge < -0.3 is 5.48 Å². The molecule has 0 aliphatic carbocycles. The van der Waals surface area contributed by atoms with E-state index in [1.807, 2.05) is 0 Å². The fraction of sp³-hybridized carbons (Fsp3) is 0.143. The molecular weight excluding hydrogens is 180 g/mol. The third kappa shape index (κ3) is 3.47. The zero-order valence-electron chi connectivity index (χ0n) is 5.56. The molecule has 0 aromatic heterocycles. The van der Waals surface area contributed by atoms with Crippen molar-refractivity contribution >= 4 is 10.1 Å². The summed E-state index contributed by atoms with van der Waals surface area (Å²) >= 11 is 0. The predicted molar refractivity (Wildman–Crippen MR) is 46.6 cm³/mol. The summed E-state index contributed by atoms with van der Waals surface area (Å²) in [6, 6.07) is 7.42. The van der Waals surface area contributed by atoms with Crippen LogP contribution in [0.15, 0.2) is 35.2 Å². The van der Waals surface area contributed by atoms with Crippen molar-refractivity contribution in [2.75, 3.05) is 0 Å². The van der Waals surface area contributed by atoms with E-state index in [2.05, 4.69) is 0 Å². The lowest BCUT2D eigenvalue weighted by Crippen LogP contribution is -1.96. The van der Waals surface area contributed by atoms with E-state index in [1.54, 1.807) is 18.2 Å². The normalized spacial score (nSPS) is 9.42. The fourth-order valence-corrected chi connectivity index (χ4v) is 1.09. The van der Waals surface area contributed by atoms with E-state index in [1.165, 1.54) is 12.1 Å². The Morgan fingerprint density at radius 2 is 1.50 bits per heavy atom. The molecule has 4 nitrogen and oxygen atoms in total. The summed E-state index contributed by atoms with van der Waals surface area (Å²) in [5, 5.41) is 0. The topological polar surface area (TPSA) is 85.9 Å². The van der Waals surface area contributed by atoms with Crippen LogP contribution in [0.3, 0.4) is 0 Å². The first-order valence-corrected chi connectivity index (χ1v) is 4.07. The number of benzene rings is 1. The lowest BCUT2D eigenvalue weighted by Gasteiger charge is -1.92. The highest BCUT2D eigenvalue weighted by Crippen LogP contribution is 2.05. The molecule has 5 heteroatoms. The molecule has 0 amide bonds. The minimum atomic E-state index is -4.00. The van der Waals surface area contributed by atoms with Gasteiger partial charge in [-0.05, 0) is 12.1 Å². The van der Waals surface area contributed by atoms with Crippen molar-refractivity contribution in [2.45, 2.75) is 12.3 Å². The van der Waals surface area contributed by atoms with Crippen molar-refractivity contribution in [3.63, 3.8) is 0 Å².